The van der Waals surface area contributed by atoms with Crippen molar-refractivity contribution in [2.75, 3.05) is 26.3 Å². The summed E-state index contributed by atoms with van der Waals surface area (Å²) < 4.78 is 30.6. The van der Waals surface area contributed by atoms with Gasteiger partial charge in [-0.2, -0.15) is 0 Å². The molecule has 0 aliphatic carbocycles. The van der Waals surface area contributed by atoms with Gasteiger partial charge in [0.25, 0.3) is 0 Å². The normalized spacial score (nSPS) is 16.6. The third-order valence-electron chi connectivity index (χ3n) is 5.62. The molecule has 0 bridgehead atoms. The average molecular weight is 461 g/mol. The third-order valence-corrected chi connectivity index (χ3v) is 7.06. The van der Waals surface area contributed by atoms with Crippen LogP contribution in [0.2, 0.25) is 0 Å². The summed E-state index contributed by atoms with van der Waals surface area (Å²) in [6.45, 7) is 11.0. The highest BCUT2D eigenvalue weighted by atomic mass is 31.2. The Hall–Kier alpha value is -0.550. The van der Waals surface area contributed by atoms with E-state index in [1.165, 1.54) is 51.4 Å². The van der Waals surface area contributed by atoms with E-state index in [0.29, 0.717) is 13.2 Å². The summed E-state index contributed by atoms with van der Waals surface area (Å²) in [7, 11) is -3.60. The van der Waals surface area contributed by atoms with Crippen LogP contribution in [0, 0.1) is 0 Å². The molecular formula is C24H49N2O4P. The minimum atomic E-state index is -3.60. The van der Waals surface area contributed by atoms with Gasteiger partial charge in [-0.15, -0.1) is 0 Å². The molecule has 184 valence electrons. The zero-order chi connectivity index (χ0) is 22.8. The van der Waals surface area contributed by atoms with Crippen molar-refractivity contribution in [1.29, 1.82) is 0 Å². The summed E-state index contributed by atoms with van der Waals surface area (Å²) >= 11 is 0. The lowest BCUT2D eigenvalue weighted by Gasteiger charge is -2.33. The van der Waals surface area contributed by atoms with Crippen molar-refractivity contribution < 1.29 is 18.1 Å². The summed E-state index contributed by atoms with van der Waals surface area (Å²) in [4.78, 5) is 4.18. The van der Waals surface area contributed by atoms with Gasteiger partial charge in [0.2, 0.25) is 6.35 Å². The van der Waals surface area contributed by atoms with Crippen LogP contribution in [-0.4, -0.2) is 42.5 Å². The number of rotatable bonds is 21. The first-order valence-electron chi connectivity index (χ1n) is 12.9. The highest BCUT2D eigenvalue weighted by molar-refractivity contribution is 7.48. The quantitative estimate of drug-likeness (QED) is 0.129. The van der Waals surface area contributed by atoms with Gasteiger partial charge in [-0.1, -0.05) is 85.0 Å². The van der Waals surface area contributed by atoms with Gasteiger partial charge in [0, 0.05) is 25.5 Å². The van der Waals surface area contributed by atoms with E-state index in [-0.39, 0.29) is 0 Å². The molecule has 0 saturated heterocycles. The van der Waals surface area contributed by atoms with Crippen LogP contribution in [-0.2, 0) is 18.1 Å². The third kappa shape index (κ3) is 12.3. The van der Waals surface area contributed by atoms with Gasteiger partial charge in [0.15, 0.2) is 0 Å². The van der Waals surface area contributed by atoms with Crippen LogP contribution >= 0.6 is 7.82 Å². The fourth-order valence-corrected chi connectivity index (χ4v) is 4.91. The number of phosphoric ester groups is 1. The first kappa shape index (κ1) is 28.5. The molecule has 7 heteroatoms. The summed E-state index contributed by atoms with van der Waals surface area (Å²) in [5.41, 5.74) is 0. The highest BCUT2D eigenvalue weighted by Gasteiger charge is 2.37. The number of nitrogens with zero attached hydrogens (tertiary/aromatic N) is 2. The minimum absolute atomic E-state index is 0.393. The lowest BCUT2D eigenvalue weighted by molar-refractivity contribution is -0.0537. The van der Waals surface area contributed by atoms with Crippen LogP contribution in [0.5, 0.6) is 0 Å². The number of hydrogen-bond donors (Lipinski definition) is 0. The SMILES string of the molecule is CCCCCCCCCCCN1C=CN(CC)C1OP(=O)(OCCCC)OCCCC. The smallest absolute Gasteiger partial charge is 0.334 e. The molecule has 31 heavy (non-hydrogen) atoms. The molecule has 0 aromatic heterocycles. The van der Waals surface area contributed by atoms with E-state index in [9.17, 15) is 4.57 Å². The Morgan fingerprint density at radius 3 is 1.68 bits per heavy atom. The van der Waals surface area contributed by atoms with Crippen molar-refractivity contribution in [3.05, 3.63) is 12.4 Å². The van der Waals surface area contributed by atoms with Crippen LogP contribution in [0.4, 0.5) is 0 Å². The molecule has 0 aromatic rings. The van der Waals surface area contributed by atoms with Crippen LogP contribution in [0.3, 0.4) is 0 Å². The van der Waals surface area contributed by atoms with Gasteiger partial charge < -0.3 is 9.80 Å². The fraction of sp³-hybridized carbons (Fsp3) is 0.917. The topological polar surface area (TPSA) is 51.2 Å². The van der Waals surface area contributed by atoms with Crippen molar-refractivity contribution >= 4 is 7.82 Å². The second-order valence-corrected chi connectivity index (χ2v) is 10.1. The Kier molecular flexibility index (Phi) is 16.5. The zero-order valence-corrected chi connectivity index (χ0v) is 21.6. The van der Waals surface area contributed by atoms with E-state index in [1.807, 2.05) is 17.3 Å². The first-order valence-corrected chi connectivity index (χ1v) is 14.3. The van der Waals surface area contributed by atoms with Gasteiger partial charge >= 0.3 is 7.82 Å². The largest absolute Gasteiger partial charge is 0.478 e. The average Bonchev–Trinajstić information content (AvgIpc) is 3.14. The molecule has 6 nitrogen and oxygen atoms in total. The van der Waals surface area contributed by atoms with Crippen LogP contribution < -0.4 is 0 Å². The lowest BCUT2D eigenvalue weighted by Crippen LogP contribution is -2.40. The van der Waals surface area contributed by atoms with E-state index in [2.05, 4.69) is 32.6 Å². The number of unbranched alkanes of at least 4 members (excludes halogenated alkanes) is 10. The summed E-state index contributed by atoms with van der Waals surface area (Å²) in [5.74, 6) is 0. The maximum Gasteiger partial charge on any atom is 0.478 e. The molecule has 0 N–H and O–H groups in total. The Balaban J connectivity index is 2.49. The summed E-state index contributed by atoms with van der Waals surface area (Å²) in [5, 5.41) is 0. The standard InChI is InChI=1S/C24H49N2O4P/c1-5-9-12-13-14-15-16-17-18-19-26-21-20-25(8-4)24(26)30-31(27,28-22-10-6-2)29-23-11-7-3/h20-21,24H,5-19,22-23H2,1-4H3. The Morgan fingerprint density at radius 1 is 0.677 bits per heavy atom. The van der Waals surface area contributed by atoms with Crippen molar-refractivity contribution in [2.24, 2.45) is 0 Å². The van der Waals surface area contributed by atoms with Gasteiger partial charge in [-0.25, -0.2) is 9.09 Å². The van der Waals surface area contributed by atoms with Crippen molar-refractivity contribution in [2.45, 2.75) is 118 Å². The summed E-state index contributed by atoms with van der Waals surface area (Å²) in [6.07, 6.45) is 19.0. The molecule has 1 atom stereocenters. The minimum Gasteiger partial charge on any atom is -0.334 e. The summed E-state index contributed by atoms with van der Waals surface area (Å²) in [6, 6.07) is 0. The molecule has 0 amide bonds. The van der Waals surface area contributed by atoms with Crippen LogP contribution in [0.15, 0.2) is 12.4 Å². The molecule has 0 radical (unpaired) electrons. The lowest BCUT2D eigenvalue weighted by atomic mass is 10.1. The molecule has 1 aliphatic heterocycles. The second kappa shape index (κ2) is 17.9. The molecule has 1 aliphatic rings. The second-order valence-electron chi connectivity index (χ2n) is 8.45. The van der Waals surface area contributed by atoms with Crippen molar-refractivity contribution in [3.63, 3.8) is 0 Å². The predicted octanol–water partition coefficient (Wildman–Crippen LogP) is 7.67. The van der Waals surface area contributed by atoms with Crippen LogP contribution in [0.25, 0.3) is 0 Å². The first-order chi connectivity index (χ1) is 15.1. The number of hydrogen-bond acceptors (Lipinski definition) is 6. The van der Waals surface area contributed by atoms with E-state index < -0.39 is 14.2 Å². The van der Waals surface area contributed by atoms with Gasteiger partial charge in [-0.3, -0.25) is 9.05 Å². The van der Waals surface area contributed by atoms with Crippen LogP contribution in [0.1, 0.15) is 111 Å². The predicted molar refractivity (Wildman–Crippen MR) is 130 cm³/mol. The van der Waals surface area contributed by atoms with Gasteiger partial charge in [0.1, 0.15) is 0 Å². The molecule has 1 unspecified atom stereocenters. The molecule has 0 spiro atoms. The molecule has 1 heterocycles. The van der Waals surface area contributed by atoms with E-state index in [4.69, 9.17) is 13.6 Å². The Bertz CT molecular complexity index is 490. The Morgan fingerprint density at radius 2 is 1.16 bits per heavy atom. The fourth-order valence-electron chi connectivity index (χ4n) is 3.54. The molecule has 0 saturated carbocycles. The zero-order valence-electron chi connectivity index (χ0n) is 20.7. The van der Waals surface area contributed by atoms with E-state index in [0.717, 1.165) is 45.2 Å². The van der Waals surface area contributed by atoms with E-state index >= 15 is 0 Å². The van der Waals surface area contributed by atoms with Gasteiger partial charge in [0.05, 0.1) is 13.2 Å². The highest BCUT2D eigenvalue weighted by Crippen LogP contribution is 2.52. The molecule has 0 fully saturated rings. The molecule has 1 rings (SSSR count). The maximum absolute atomic E-state index is 13.3. The monoisotopic (exact) mass is 460 g/mol. The van der Waals surface area contributed by atoms with Crippen molar-refractivity contribution in [1.82, 2.24) is 9.80 Å². The van der Waals surface area contributed by atoms with Crippen molar-refractivity contribution in [3.8, 4) is 0 Å². The van der Waals surface area contributed by atoms with Gasteiger partial charge in [-0.05, 0) is 26.2 Å². The number of phosphoric acid groups is 1. The Labute approximate surface area is 192 Å². The molecule has 0 aromatic carbocycles. The van der Waals surface area contributed by atoms with E-state index in [1.54, 1.807) is 0 Å². The maximum atomic E-state index is 13.3. The molecular weight excluding hydrogens is 411 g/mol.